The highest BCUT2D eigenvalue weighted by Crippen LogP contribution is 2.18. The largest absolute Gasteiger partial charge is 0.356 e. The number of H-pyrrole nitrogens is 1. The number of hydrogen-bond acceptors (Lipinski definition) is 4. The lowest BCUT2D eigenvalue weighted by Crippen LogP contribution is -2.43. The van der Waals surface area contributed by atoms with Crippen LogP contribution in [0.25, 0.3) is 10.9 Å². The summed E-state index contributed by atoms with van der Waals surface area (Å²) < 4.78 is 0. The second kappa shape index (κ2) is 8.25. The fourth-order valence-electron chi connectivity index (χ4n) is 3.37. The maximum atomic E-state index is 12.3. The van der Waals surface area contributed by atoms with Gasteiger partial charge in [-0.2, -0.15) is 0 Å². The van der Waals surface area contributed by atoms with Crippen LogP contribution in [0.1, 0.15) is 38.4 Å². The summed E-state index contributed by atoms with van der Waals surface area (Å²) in [4.78, 5) is 34.1. The lowest BCUT2D eigenvalue weighted by atomic mass is 9.97. The van der Waals surface area contributed by atoms with Crippen LogP contribution in [-0.2, 0) is 11.3 Å². The van der Waals surface area contributed by atoms with Crippen molar-refractivity contribution in [1.82, 2.24) is 20.2 Å². The summed E-state index contributed by atoms with van der Waals surface area (Å²) >= 11 is 0. The molecule has 1 amide bonds. The first-order valence-corrected chi connectivity index (χ1v) is 9.15. The molecule has 0 saturated carbocycles. The number of rotatable bonds is 6. The first-order chi connectivity index (χ1) is 12.2. The van der Waals surface area contributed by atoms with E-state index < -0.39 is 0 Å². The number of para-hydroxylation sites is 1. The number of carbonyl (C=O) groups is 1. The van der Waals surface area contributed by atoms with E-state index in [1.54, 1.807) is 6.07 Å². The van der Waals surface area contributed by atoms with E-state index in [0.29, 0.717) is 29.8 Å². The van der Waals surface area contributed by atoms with Gasteiger partial charge in [0.2, 0.25) is 5.91 Å². The molecule has 6 heteroatoms. The molecule has 2 aromatic rings. The average Bonchev–Trinajstić information content (AvgIpc) is 2.62. The van der Waals surface area contributed by atoms with Crippen molar-refractivity contribution in [3.8, 4) is 0 Å². The van der Waals surface area contributed by atoms with Gasteiger partial charge in [-0.3, -0.25) is 14.5 Å². The predicted octanol–water partition coefficient (Wildman–Crippen LogP) is 2.05. The number of aromatic amines is 1. The number of benzene rings is 1. The summed E-state index contributed by atoms with van der Waals surface area (Å²) in [7, 11) is 0. The molecule has 6 nitrogen and oxygen atoms in total. The lowest BCUT2D eigenvalue weighted by molar-refractivity contribution is -0.126. The van der Waals surface area contributed by atoms with E-state index in [0.717, 1.165) is 38.8 Å². The minimum Gasteiger partial charge on any atom is -0.356 e. The normalized spacial score (nSPS) is 18.4. The van der Waals surface area contributed by atoms with Crippen molar-refractivity contribution in [3.63, 3.8) is 0 Å². The van der Waals surface area contributed by atoms with Gasteiger partial charge in [0, 0.05) is 13.1 Å². The number of nitrogens with one attached hydrogen (secondary N) is 2. The Morgan fingerprint density at radius 1 is 1.40 bits per heavy atom. The molecule has 2 N–H and O–H groups in total. The second-order valence-electron chi connectivity index (χ2n) is 6.75. The van der Waals surface area contributed by atoms with Gasteiger partial charge in [0.1, 0.15) is 5.82 Å². The molecule has 1 aromatic carbocycles. The summed E-state index contributed by atoms with van der Waals surface area (Å²) in [6.07, 6.45) is 4.02. The standard InChI is InChI=1S/C19H26N4O2/c1-2-3-10-20-18(24)14-7-6-11-23(12-14)13-17-21-16-9-5-4-8-15(16)19(25)22-17/h4-5,8-9,14H,2-3,6-7,10-13H2,1H3,(H,20,24)(H,21,22,25)/t14-/m1/s1. The van der Waals surface area contributed by atoms with Crippen LogP contribution in [0.2, 0.25) is 0 Å². The molecule has 0 aliphatic carbocycles. The number of amides is 1. The van der Waals surface area contributed by atoms with Crippen molar-refractivity contribution in [3.05, 3.63) is 40.4 Å². The fourth-order valence-corrected chi connectivity index (χ4v) is 3.37. The molecular formula is C19H26N4O2. The molecule has 1 aromatic heterocycles. The van der Waals surface area contributed by atoms with Crippen molar-refractivity contribution < 1.29 is 4.79 Å². The van der Waals surface area contributed by atoms with Crippen LogP contribution in [0.5, 0.6) is 0 Å². The smallest absolute Gasteiger partial charge is 0.258 e. The lowest BCUT2D eigenvalue weighted by Gasteiger charge is -2.31. The van der Waals surface area contributed by atoms with E-state index in [4.69, 9.17) is 0 Å². The Hall–Kier alpha value is -2.21. The maximum absolute atomic E-state index is 12.3. The molecule has 1 atom stereocenters. The number of piperidine rings is 1. The molecule has 1 fully saturated rings. The SMILES string of the molecule is CCCCNC(=O)[C@@H]1CCCN(Cc2nc3ccccc3c(=O)[nH]2)C1. The number of nitrogens with zero attached hydrogens (tertiary/aromatic N) is 2. The first kappa shape index (κ1) is 17.6. The third-order valence-electron chi connectivity index (χ3n) is 4.74. The van der Waals surface area contributed by atoms with E-state index >= 15 is 0 Å². The molecule has 1 aliphatic heterocycles. The van der Waals surface area contributed by atoms with Crippen LogP contribution in [0.4, 0.5) is 0 Å². The highest BCUT2D eigenvalue weighted by Gasteiger charge is 2.25. The molecule has 1 saturated heterocycles. The van der Waals surface area contributed by atoms with Gasteiger partial charge in [-0.05, 0) is 37.9 Å². The Labute approximate surface area is 147 Å². The molecule has 0 bridgehead atoms. The number of likely N-dealkylation sites (tertiary alicyclic amines) is 1. The number of aromatic nitrogens is 2. The van der Waals surface area contributed by atoms with Crippen LogP contribution >= 0.6 is 0 Å². The fraction of sp³-hybridized carbons (Fsp3) is 0.526. The van der Waals surface area contributed by atoms with E-state index in [2.05, 4.69) is 27.1 Å². The van der Waals surface area contributed by atoms with Crippen molar-refractivity contribution in [2.75, 3.05) is 19.6 Å². The predicted molar refractivity (Wildman–Crippen MR) is 98.3 cm³/mol. The molecule has 25 heavy (non-hydrogen) atoms. The van der Waals surface area contributed by atoms with Gasteiger partial charge in [0.25, 0.3) is 5.56 Å². The average molecular weight is 342 g/mol. The zero-order valence-corrected chi connectivity index (χ0v) is 14.8. The Kier molecular flexibility index (Phi) is 5.81. The molecule has 0 spiro atoms. The third kappa shape index (κ3) is 4.45. The highest BCUT2D eigenvalue weighted by molar-refractivity contribution is 5.79. The number of unbranched alkanes of at least 4 members (excludes halogenated alkanes) is 1. The molecule has 0 radical (unpaired) electrons. The van der Waals surface area contributed by atoms with Gasteiger partial charge in [-0.15, -0.1) is 0 Å². The van der Waals surface area contributed by atoms with E-state index in [-0.39, 0.29) is 17.4 Å². The van der Waals surface area contributed by atoms with E-state index in [1.807, 2.05) is 18.2 Å². The van der Waals surface area contributed by atoms with Crippen LogP contribution in [0.15, 0.2) is 29.1 Å². The van der Waals surface area contributed by atoms with Gasteiger partial charge in [-0.1, -0.05) is 25.5 Å². The molecule has 3 rings (SSSR count). The third-order valence-corrected chi connectivity index (χ3v) is 4.74. The molecular weight excluding hydrogens is 316 g/mol. The minimum atomic E-state index is -0.105. The van der Waals surface area contributed by atoms with Crippen molar-refractivity contribution >= 4 is 16.8 Å². The summed E-state index contributed by atoms with van der Waals surface area (Å²) in [5.74, 6) is 0.839. The van der Waals surface area contributed by atoms with Gasteiger partial charge in [0.15, 0.2) is 0 Å². The topological polar surface area (TPSA) is 78.1 Å². The molecule has 2 heterocycles. The Morgan fingerprint density at radius 2 is 2.24 bits per heavy atom. The van der Waals surface area contributed by atoms with Crippen molar-refractivity contribution in [2.45, 2.75) is 39.2 Å². The highest BCUT2D eigenvalue weighted by atomic mass is 16.2. The van der Waals surface area contributed by atoms with Crippen molar-refractivity contribution in [2.24, 2.45) is 5.92 Å². The Morgan fingerprint density at radius 3 is 3.08 bits per heavy atom. The Bertz CT molecular complexity index is 786. The summed E-state index contributed by atoms with van der Waals surface area (Å²) in [5.41, 5.74) is 0.610. The zero-order chi connectivity index (χ0) is 17.6. The monoisotopic (exact) mass is 342 g/mol. The van der Waals surface area contributed by atoms with Crippen LogP contribution in [0.3, 0.4) is 0 Å². The van der Waals surface area contributed by atoms with Crippen LogP contribution in [0, 0.1) is 5.92 Å². The van der Waals surface area contributed by atoms with Crippen LogP contribution < -0.4 is 10.9 Å². The molecule has 134 valence electrons. The van der Waals surface area contributed by atoms with Crippen LogP contribution in [-0.4, -0.2) is 40.4 Å². The zero-order valence-electron chi connectivity index (χ0n) is 14.8. The summed E-state index contributed by atoms with van der Waals surface area (Å²) in [6, 6.07) is 7.36. The molecule has 0 unspecified atom stereocenters. The Balaban J connectivity index is 1.64. The number of hydrogen-bond donors (Lipinski definition) is 2. The van der Waals surface area contributed by atoms with E-state index in [1.165, 1.54) is 0 Å². The van der Waals surface area contributed by atoms with E-state index in [9.17, 15) is 9.59 Å². The second-order valence-corrected chi connectivity index (χ2v) is 6.75. The number of carbonyl (C=O) groups excluding carboxylic acids is 1. The summed E-state index contributed by atoms with van der Waals surface area (Å²) in [6.45, 7) is 5.08. The van der Waals surface area contributed by atoms with Crippen molar-refractivity contribution in [1.29, 1.82) is 0 Å². The van der Waals surface area contributed by atoms with Gasteiger partial charge in [0.05, 0.1) is 23.4 Å². The number of fused-ring (bicyclic) bond motifs is 1. The quantitative estimate of drug-likeness (QED) is 0.788. The first-order valence-electron chi connectivity index (χ1n) is 9.15. The molecule has 1 aliphatic rings. The van der Waals surface area contributed by atoms with Gasteiger partial charge >= 0.3 is 0 Å². The summed E-state index contributed by atoms with van der Waals surface area (Å²) in [5, 5.41) is 3.64. The maximum Gasteiger partial charge on any atom is 0.258 e. The van der Waals surface area contributed by atoms with Gasteiger partial charge in [-0.25, -0.2) is 4.98 Å². The minimum absolute atomic E-state index is 0.0257. The van der Waals surface area contributed by atoms with Gasteiger partial charge < -0.3 is 10.3 Å².